The predicted molar refractivity (Wildman–Crippen MR) is 130 cm³/mol. The van der Waals surface area contributed by atoms with Crippen molar-refractivity contribution in [3.63, 3.8) is 0 Å². The van der Waals surface area contributed by atoms with Gasteiger partial charge < -0.3 is 23.9 Å². The Morgan fingerprint density at radius 2 is 1.89 bits per heavy atom. The molecule has 0 unspecified atom stereocenters. The average molecular weight is 519 g/mol. The van der Waals surface area contributed by atoms with Gasteiger partial charge in [-0.1, -0.05) is 6.07 Å². The Labute approximate surface area is 215 Å². The molecule has 11 heteroatoms. The second kappa shape index (κ2) is 11.3. The molecule has 4 rings (SSSR count). The summed E-state index contributed by atoms with van der Waals surface area (Å²) >= 11 is 0. The van der Waals surface area contributed by atoms with Crippen LogP contribution in [0.2, 0.25) is 0 Å². The number of carbonyl (C=O) groups is 2. The van der Waals surface area contributed by atoms with E-state index >= 15 is 0 Å². The molecule has 0 aliphatic carbocycles. The largest absolute Gasteiger partial charge is 0.467 e. The minimum Gasteiger partial charge on any atom is -0.467 e. The summed E-state index contributed by atoms with van der Waals surface area (Å²) in [4.78, 5) is 29.3. The Hall–Kier alpha value is -5.08. The number of rotatable bonds is 8. The molecule has 1 N–H and O–H groups in total. The summed E-state index contributed by atoms with van der Waals surface area (Å²) in [7, 11) is 2.50. The molecular formula is C27H19F2N3O6. The third-order valence-electron chi connectivity index (χ3n) is 5.34. The zero-order valence-corrected chi connectivity index (χ0v) is 20.1. The zero-order chi connectivity index (χ0) is 27.2. The lowest BCUT2D eigenvalue weighted by Crippen LogP contribution is -2.14. The Bertz CT molecular complexity index is 1550. The van der Waals surface area contributed by atoms with Gasteiger partial charge in [-0.15, -0.1) is 0 Å². The number of anilines is 1. The van der Waals surface area contributed by atoms with Crippen LogP contribution in [0, 0.1) is 23.0 Å². The number of carbonyl (C=O) groups excluding carboxylic acids is 2. The Balaban J connectivity index is 1.95. The minimum atomic E-state index is -0.919. The zero-order valence-electron chi connectivity index (χ0n) is 20.1. The number of aromatic nitrogens is 1. The van der Waals surface area contributed by atoms with E-state index < -0.39 is 23.5 Å². The number of ether oxygens (including phenoxy) is 3. The van der Waals surface area contributed by atoms with Crippen LogP contribution in [0.3, 0.4) is 0 Å². The van der Waals surface area contributed by atoms with E-state index in [1.807, 2.05) is 6.07 Å². The van der Waals surface area contributed by atoms with E-state index in [0.717, 1.165) is 19.2 Å². The van der Waals surface area contributed by atoms with E-state index in [9.17, 15) is 23.6 Å². The quantitative estimate of drug-likeness (QED) is 0.250. The van der Waals surface area contributed by atoms with Crippen molar-refractivity contribution in [1.29, 1.82) is 5.26 Å². The number of halogens is 2. The first-order chi connectivity index (χ1) is 18.4. The summed E-state index contributed by atoms with van der Waals surface area (Å²) in [5, 5.41) is 12.6. The van der Waals surface area contributed by atoms with Crippen molar-refractivity contribution in [2.75, 3.05) is 26.3 Å². The van der Waals surface area contributed by atoms with Gasteiger partial charge in [0.1, 0.15) is 29.0 Å². The maximum atomic E-state index is 14.4. The molecule has 0 fully saturated rings. The first-order valence-electron chi connectivity index (χ1n) is 11.0. The van der Waals surface area contributed by atoms with E-state index in [1.165, 1.54) is 55.8 Å². The van der Waals surface area contributed by atoms with Crippen LogP contribution in [0.1, 0.15) is 26.5 Å². The summed E-state index contributed by atoms with van der Waals surface area (Å²) in [5.41, 5.74) is 0.472. The molecule has 4 aromatic rings. The van der Waals surface area contributed by atoms with Gasteiger partial charge in [-0.25, -0.2) is 18.6 Å². The number of pyridine rings is 1. The summed E-state index contributed by atoms with van der Waals surface area (Å²) in [6.45, 7) is -0.192. The molecule has 9 nitrogen and oxygen atoms in total. The van der Waals surface area contributed by atoms with Crippen LogP contribution in [-0.4, -0.2) is 37.9 Å². The number of nitrogens with zero attached hydrogens (tertiary/aromatic N) is 2. The first-order valence-corrected chi connectivity index (χ1v) is 11.0. The number of hydrogen-bond acceptors (Lipinski definition) is 8. The molecule has 0 saturated carbocycles. The third kappa shape index (κ3) is 5.35. The monoisotopic (exact) mass is 519 g/mol. The highest BCUT2D eigenvalue weighted by Gasteiger charge is 2.22. The molecular weight excluding hydrogens is 500 g/mol. The highest BCUT2D eigenvalue weighted by Crippen LogP contribution is 2.37. The number of furan rings is 1. The van der Waals surface area contributed by atoms with E-state index in [2.05, 4.69) is 15.0 Å². The highest BCUT2D eigenvalue weighted by molar-refractivity contribution is 6.03. The molecule has 0 aliphatic rings. The van der Waals surface area contributed by atoms with Crippen LogP contribution in [-0.2, 0) is 9.47 Å². The molecule has 2 aromatic carbocycles. The van der Waals surface area contributed by atoms with Crippen LogP contribution in [0.5, 0.6) is 5.75 Å². The van der Waals surface area contributed by atoms with Crippen molar-refractivity contribution in [1.82, 2.24) is 4.98 Å². The van der Waals surface area contributed by atoms with Gasteiger partial charge in [0, 0.05) is 24.3 Å². The fourth-order valence-electron chi connectivity index (χ4n) is 3.60. The predicted octanol–water partition coefficient (Wildman–Crippen LogP) is 5.18. The van der Waals surface area contributed by atoms with Gasteiger partial charge >= 0.3 is 5.97 Å². The summed E-state index contributed by atoms with van der Waals surface area (Å²) in [5.74, 6) is -3.14. The number of hydrogen-bond donors (Lipinski definition) is 1. The van der Waals surface area contributed by atoms with E-state index in [-0.39, 0.29) is 52.1 Å². The van der Waals surface area contributed by atoms with Crippen molar-refractivity contribution in [2.24, 2.45) is 0 Å². The maximum Gasteiger partial charge on any atom is 0.340 e. The van der Waals surface area contributed by atoms with Crippen LogP contribution in [0.25, 0.3) is 22.4 Å². The van der Waals surface area contributed by atoms with Crippen molar-refractivity contribution in [3.8, 4) is 34.2 Å². The Morgan fingerprint density at radius 3 is 2.58 bits per heavy atom. The standard InChI is InChI=1S/C27H19F2N3O6/c1-35-14-38-24-11-16(28)6-7-17(24)22-12-18(15-5-8-21(29)19(10-15)27(34)36-2)20(13-30)25(31-22)32-26(33)23-4-3-9-37-23/h3-12H,14H2,1-2H3,(H,31,32,33). The number of amides is 1. The van der Waals surface area contributed by atoms with Crippen molar-refractivity contribution < 1.29 is 37.0 Å². The molecule has 1 amide bonds. The van der Waals surface area contributed by atoms with Crippen LogP contribution >= 0.6 is 0 Å². The number of nitrogens with one attached hydrogen (secondary N) is 1. The summed E-state index contributed by atoms with van der Waals surface area (Å²) in [6, 6.07) is 13.7. The molecule has 2 aromatic heterocycles. The van der Waals surface area contributed by atoms with Crippen molar-refractivity contribution >= 4 is 17.7 Å². The summed E-state index contributed by atoms with van der Waals surface area (Å²) in [6.07, 6.45) is 1.31. The van der Waals surface area contributed by atoms with Crippen molar-refractivity contribution in [2.45, 2.75) is 0 Å². The molecule has 2 heterocycles. The molecule has 0 radical (unpaired) electrons. The lowest BCUT2D eigenvalue weighted by atomic mass is 9.96. The van der Waals surface area contributed by atoms with Crippen LogP contribution in [0.15, 0.2) is 65.3 Å². The van der Waals surface area contributed by atoms with E-state index in [4.69, 9.17) is 13.9 Å². The molecule has 0 atom stereocenters. The smallest absolute Gasteiger partial charge is 0.340 e. The Kier molecular flexibility index (Phi) is 7.74. The fraction of sp³-hybridized carbons (Fsp3) is 0.111. The number of methoxy groups -OCH3 is 2. The average Bonchev–Trinajstić information content (AvgIpc) is 3.47. The topological polar surface area (TPSA) is 124 Å². The number of benzene rings is 2. The SMILES string of the molecule is COCOc1cc(F)ccc1-c1cc(-c2ccc(F)c(C(=O)OC)c2)c(C#N)c(NC(=O)c2ccco2)n1. The minimum absolute atomic E-state index is 0.0386. The maximum absolute atomic E-state index is 14.4. The van der Waals surface area contributed by atoms with Gasteiger partial charge in [-0.05, 0) is 48.0 Å². The fourth-order valence-corrected chi connectivity index (χ4v) is 3.60. The second-order valence-electron chi connectivity index (χ2n) is 7.70. The second-order valence-corrected chi connectivity index (χ2v) is 7.70. The molecule has 0 bridgehead atoms. The normalized spacial score (nSPS) is 10.5. The first kappa shape index (κ1) is 26.0. The number of esters is 1. The van der Waals surface area contributed by atoms with E-state index in [0.29, 0.717) is 5.56 Å². The third-order valence-corrected chi connectivity index (χ3v) is 5.34. The van der Waals surface area contributed by atoms with Gasteiger partial charge in [0.05, 0.1) is 24.6 Å². The van der Waals surface area contributed by atoms with Gasteiger partial charge in [0.15, 0.2) is 18.4 Å². The van der Waals surface area contributed by atoms with Gasteiger partial charge in [0.2, 0.25) is 0 Å². The van der Waals surface area contributed by atoms with Gasteiger partial charge in [0.25, 0.3) is 5.91 Å². The molecule has 0 saturated heterocycles. The van der Waals surface area contributed by atoms with Crippen molar-refractivity contribution in [3.05, 3.63) is 89.4 Å². The summed E-state index contributed by atoms with van der Waals surface area (Å²) < 4.78 is 48.6. The lowest BCUT2D eigenvalue weighted by Gasteiger charge is -2.16. The lowest BCUT2D eigenvalue weighted by molar-refractivity contribution is 0.0513. The number of nitriles is 1. The van der Waals surface area contributed by atoms with Gasteiger partial charge in [-0.2, -0.15) is 5.26 Å². The molecule has 192 valence electrons. The van der Waals surface area contributed by atoms with Crippen LogP contribution in [0.4, 0.5) is 14.6 Å². The molecule has 0 spiro atoms. The van der Waals surface area contributed by atoms with E-state index in [1.54, 1.807) is 0 Å². The van der Waals surface area contributed by atoms with Gasteiger partial charge in [-0.3, -0.25) is 4.79 Å². The molecule has 0 aliphatic heterocycles. The molecule has 38 heavy (non-hydrogen) atoms. The highest BCUT2D eigenvalue weighted by atomic mass is 19.1. The van der Waals surface area contributed by atoms with Crippen LogP contribution < -0.4 is 10.1 Å². The Morgan fingerprint density at radius 1 is 1.08 bits per heavy atom.